The summed E-state index contributed by atoms with van der Waals surface area (Å²) in [5.74, 6) is 3.97. The molecule has 0 aromatic carbocycles. The molecule has 3 heteroatoms. The van der Waals surface area contributed by atoms with Gasteiger partial charge in [-0.3, -0.25) is 9.63 Å². The zero-order valence-corrected chi connectivity index (χ0v) is 11.0. The number of carbonyl (C=O) groups excluding carboxylic acids is 1. The summed E-state index contributed by atoms with van der Waals surface area (Å²) in [7, 11) is 0. The fourth-order valence-electron chi connectivity index (χ4n) is 5.40. The molecule has 3 nitrogen and oxygen atoms in total. The lowest BCUT2D eigenvalue weighted by Gasteiger charge is -2.35. The first-order valence-electron chi connectivity index (χ1n) is 7.30. The third kappa shape index (κ3) is 1.21. The molecule has 2 bridgehead atoms. The first-order valence-corrected chi connectivity index (χ1v) is 7.30. The molecule has 1 heterocycles. The van der Waals surface area contributed by atoms with Crippen LogP contribution in [-0.2, 0) is 9.63 Å². The lowest BCUT2D eigenvalue weighted by molar-refractivity contribution is -0.176. The lowest BCUT2D eigenvalue weighted by atomic mass is 9.73. The van der Waals surface area contributed by atoms with Gasteiger partial charge in [-0.05, 0) is 49.9 Å². The van der Waals surface area contributed by atoms with Crippen LogP contribution in [0.4, 0.5) is 0 Å². The molecule has 0 aromatic heterocycles. The van der Waals surface area contributed by atoms with Crippen LogP contribution in [0.2, 0.25) is 0 Å². The van der Waals surface area contributed by atoms with Crippen molar-refractivity contribution in [2.75, 3.05) is 6.61 Å². The van der Waals surface area contributed by atoms with Gasteiger partial charge >= 0.3 is 0 Å². The van der Waals surface area contributed by atoms with E-state index in [0.717, 1.165) is 24.4 Å². The minimum absolute atomic E-state index is 0.00426. The molecule has 0 spiro atoms. The second-order valence-corrected chi connectivity index (χ2v) is 6.68. The molecule has 0 aromatic rings. The van der Waals surface area contributed by atoms with Crippen LogP contribution in [0.1, 0.15) is 32.6 Å². The maximum Gasteiger partial charge on any atom is 0.272 e. The summed E-state index contributed by atoms with van der Waals surface area (Å²) < 4.78 is 0. The number of hydroxylamine groups is 2. The molecule has 6 unspecified atom stereocenters. The Hall–Kier alpha value is -0.830. The van der Waals surface area contributed by atoms with Crippen molar-refractivity contribution in [3.05, 3.63) is 12.2 Å². The molecule has 4 aliphatic rings. The van der Waals surface area contributed by atoms with E-state index in [4.69, 9.17) is 4.84 Å². The summed E-state index contributed by atoms with van der Waals surface area (Å²) in [4.78, 5) is 17.9. The monoisotopic (exact) mass is 247 g/mol. The number of rotatable bonds is 1. The SMILES string of the molecule is C=C(C)C(=O)N1OCC2C3CC(C4CCCC34)C21. The Labute approximate surface area is 108 Å². The molecule has 3 aliphatic carbocycles. The Kier molecular flexibility index (Phi) is 2.20. The first-order chi connectivity index (χ1) is 8.68. The van der Waals surface area contributed by atoms with E-state index in [-0.39, 0.29) is 5.91 Å². The van der Waals surface area contributed by atoms with Crippen molar-refractivity contribution in [3.8, 4) is 0 Å². The van der Waals surface area contributed by atoms with Crippen molar-refractivity contribution in [1.29, 1.82) is 0 Å². The topological polar surface area (TPSA) is 29.5 Å². The van der Waals surface area contributed by atoms with E-state index in [0.29, 0.717) is 23.5 Å². The molecule has 0 N–H and O–H groups in total. The molecular weight excluding hydrogens is 226 g/mol. The van der Waals surface area contributed by atoms with Gasteiger partial charge < -0.3 is 0 Å². The summed E-state index contributed by atoms with van der Waals surface area (Å²) in [6.45, 7) is 6.31. The standard InChI is InChI=1S/C15H21NO2/c1-8(2)15(17)16-14-12-6-11(13(14)7-18-16)9-4-3-5-10(9)12/h9-14H,1,3-7H2,2H3. The fraction of sp³-hybridized carbons (Fsp3) is 0.800. The van der Waals surface area contributed by atoms with Crippen LogP contribution in [0.15, 0.2) is 12.2 Å². The largest absolute Gasteiger partial charge is 0.272 e. The summed E-state index contributed by atoms with van der Waals surface area (Å²) in [6.07, 6.45) is 5.54. The third-order valence-electron chi connectivity index (χ3n) is 5.94. The second-order valence-electron chi connectivity index (χ2n) is 6.68. The zero-order chi connectivity index (χ0) is 12.4. The highest BCUT2D eigenvalue weighted by molar-refractivity contribution is 5.91. The smallest absolute Gasteiger partial charge is 0.270 e. The molecule has 1 saturated heterocycles. The van der Waals surface area contributed by atoms with Crippen molar-refractivity contribution >= 4 is 5.91 Å². The van der Waals surface area contributed by atoms with Gasteiger partial charge in [0.25, 0.3) is 5.91 Å². The third-order valence-corrected chi connectivity index (χ3v) is 5.94. The van der Waals surface area contributed by atoms with Crippen LogP contribution < -0.4 is 0 Å². The Morgan fingerprint density at radius 2 is 1.89 bits per heavy atom. The van der Waals surface area contributed by atoms with Crippen molar-refractivity contribution in [3.63, 3.8) is 0 Å². The minimum atomic E-state index is 0.00426. The molecule has 18 heavy (non-hydrogen) atoms. The van der Waals surface area contributed by atoms with Gasteiger partial charge in [0, 0.05) is 11.5 Å². The van der Waals surface area contributed by atoms with Gasteiger partial charge in [-0.15, -0.1) is 0 Å². The van der Waals surface area contributed by atoms with Gasteiger partial charge in [0.05, 0.1) is 12.6 Å². The summed E-state index contributed by atoms with van der Waals surface area (Å²) in [5, 5.41) is 1.69. The quantitative estimate of drug-likeness (QED) is 0.666. The summed E-state index contributed by atoms with van der Waals surface area (Å²) in [5.41, 5.74) is 0.599. The average Bonchev–Trinajstić information content (AvgIpc) is 3.05. The Morgan fingerprint density at radius 1 is 1.17 bits per heavy atom. The maximum atomic E-state index is 12.2. The van der Waals surface area contributed by atoms with E-state index < -0.39 is 0 Å². The number of carbonyl (C=O) groups is 1. The van der Waals surface area contributed by atoms with E-state index >= 15 is 0 Å². The molecule has 4 fully saturated rings. The van der Waals surface area contributed by atoms with Gasteiger partial charge in [0.2, 0.25) is 0 Å². The number of fused-ring (bicyclic) bond motifs is 8. The van der Waals surface area contributed by atoms with Crippen LogP contribution in [-0.4, -0.2) is 23.6 Å². The van der Waals surface area contributed by atoms with Crippen LogP contribution in [0.5, 0.6) is 0 Å². The molecular formula is C15H21NO2. The van der Waals surface area contributed by atoms with Gasteiger partial charge in [0.1, 0.15) is 0 Å². The van der Waals surface area contributed by atoms with Crippen LogP contribution >= 0.6 is 0 Å². The molecule has 1 amide bonds. The Bertz CT molecular complexity index is 419. The normalized spacial score (nSPS) is 48.4. The average molecular weight is 247 g/mol. The molecule has 98 valence electrons. The van der Waals surface area contributed by atoms with Crippen LogP contribution in [0, 0.1) is 29.6 Å². The Morgan fingerprint density at radius 3 is 2.61 bits per heavy atom. The number of nitrogens with zero attached hydrogens (tertiary/aromatic N) is 1. The van der Waals surface area contributed by atoms with Gasteiger partial charge in [-0.2, -0.15) is 0 Å². The van der Waals surface area contributed by atoms with Crippen molar-refractivity contribution < 1.29 is 9.63 Å². The van der Waals surface area contributed by atoms with Crippen LogP contribution in [0.3, 0.4) is 0 Å². The lowest BCUT2D eigenvalue weighted by Crippen LogP contribution is -2.44. The van der Waals surface area contributed by atoms with Crippen molar-refractivity contribution in [2.45, 2.75) is 38.6 Å². The molecule has 0 radical (unpaired) electrons. The van der Waals surface area contributed by atoms with Gasteiger partial charge in [-0.1, -0.05) is 13.0 Å². The fourth-order valence-corrected chi connectivity index (χ4v) is 5.40. The summed E-state index contributed by atoms with van der Waals surface area (Å²) >= 11 is 0. The molecule has 6 atom stereocenters. The zero-order valence-electron chi connectivity index (χ0n) is 11.0. The highest BCUT2D eigenvalue weighted by Crippen LogP contribution is 2.63. The molecule has 1 aliphatic heterocycles. The number of amides is 1. The first kappa shape index (κ1) is 11.0. The van der Waals surface area contributed by atoms with Gasteiger partial charge in [0.15, 0.2) is 0 Å². The van der Waals surface area contributed by atoms with Crippen LogP contribution in [0.25, 0.3) is 0 Å². The van der Waals surface area contributed by atoms with Crippen molar-refractivity contribution in [1.82, 2.24) is 5.06 Å². The van der Waals surface area contributed by atoms with E-state index in [9.17, 15) is 4.79 Å². The predicted molar refractivity (Wildman–Crippen MR) is 67.3 cm³/mol. The minimum Gasteiger partial charge on any atom is -0.270 e. The predicted octanol–water partition coefficient (Wildman–Crippen LogP) is 2.39. The van der Waals surface area contributed by atoms with E-state index in [1.165, 1.54) is 25.7 Å². The van der Waals surface area contributed by atoms with E-state index in [1.807, 2.05) is 0 Å². The van der Waals surface area contributed by atoms with E-state index in [2.05, 4.69) is 6.58 Å². The number of hydrogen-bond acceptors (Lipinski definition) is 2. The second kappa shape index (κ2) is 3.60. The summed E-state index contributed by atoms with van der Waals surface area (Å²) in [6, 6.07) is 0.360. The highest BCUT2D eigenvalue weighted by Gasteiger charge is 2.63. The highest BCUT2D eigenvalue weighted by atomic mass is 16.7. The maximum absolute atomic E-state index is 12.2. The Balaban J connectivity index is 1.63. The van der Waals surface area contributed by atoms with Crippen molar-refractivity contribution in [2.24, 2.45) is 29.6 Å². The number of hydrogen-bond donors (Lipinski definition) is 0. The molecule has 4 rings (SSSR count). The van der Waals surface area contributed by atoms with Gasteiger partial charge in [-0.25, -0.2) is 5.06 Å². The molecule has 3 saturated carbocycles. The van der Waals surface area contributed by atoms with E-state index in [1.54, 1.807) is 12.0 Å².